The number of carbonyl (C=O) groups excluding carboxylic acids is 1. The van der Waals surface area contributed by atoms with Crippen LogP contribution in [0.1, 0.15) is 39.0 Å². The Hall–Kier alpha value is -0.370. The number of aldehydes is 1. The van der Waals surface area contributed by atoms with Gasteiger partial charge in [-0.3, -0.25) is 4.90 Å². The van der Waals surface area contributed by atoms with E-state index in [1.54, 1.807) is 0 Å². The largest absolute Gasteiger partial charge is 0.302 e. The summed E-state index contributed by atoms with van der Waals surface area (Å²) in [5.41, 5.74) is 0. The van der Waals surface area contributed by atoms with Gasteiger partial charge in [-0.05, 0) is 38.1 Å². The van der Waals surface area contributed by atoms with E-state index in [-0.39, 0.29) is 6.04 Å². The number of hydrogen-bond acceptors (Lipinski definition) is 2. The highest BCUT2D eigenvalue weighted by atomic mass is 16.1. The maximum absolute atomic E-state index is 10.9. The fourth-order valence-electron chi connectivity index (χ4n) is 3.10. The van der Waals surface area contributed by atoms with Crippen molar-refractivity contribution in [3.05, 3.63) is 0 Å². The molecule has 2 fully saturated rings. The third kappa shape index (κ3) is 1.52. The molecule has 0 aromatic heterocycles. The molecule has 2 aliphatic heterocycles. The van der Waals surface area contributed by atoms with Crippen LogP contribution in [0.25, 0.3) is 0 Å². The lowest BCUT2D eigenvalue weighted by atomic mass is 9.84. The van der Waals surface area contributed by atoms with Gasteiger partial charge >= 0.3 is 0 Å². The summed E-state index contributed by atoms with van der Waals surface area (Å²) >= 11 is 0. The SMILES string of the molecule is CCC1CCC(C=O)N2CCCC12. The maximum atomic E-state index is 10.9. The van der Waals surface area contributed by atoms with Gasteiger partial charge in [0.1, 0.15) is 6.29 Å². The number of nitrogens with zero attached hydrogens (tertiary/aromatic N) is 1. The van der Waals surface area contributed by atoms with Crippen molar-refractivity contribution >= 4 is 6.29 Å². The van der Waals surface area contributed by atoms with Crippen molar-refractivity contribution in [3.63, 3.8) is 0 Å². The summed E-state index contributed by atoms with van der Waals surface area (Å²) in [4.78, 5) is 13.3. The standard InChI is InChI=1S/C11H19NO/c1-2-9-5-6-10(8-13)12-7-3-4-11(9)12/h8-11H,2-7H2,1H3. The predicted molar refractivity (Wildman–Crippen MR) is 52.6 cm³/mol. The number of hydrogen-bond donors (Lipinski definition) is 0. The minimum atomic E-state index is 0.246. The molecule has 74 valence electrons. The normalized spacial score (nSPS) is 40.2. The van der Waals surface area contributed by atoms with Crippen molar-refractivity contribution in [3.8, 4) is 0 Å². The van der Waals surface area contributed by atoms with E-state index in [9.17, 15) is 4.79 Å². The minimum absolute atomic E-state index is 0.246. The van der Waals surface area contributed by atoms with E-state index < -0.39 is 0 Å². The summed E-state index contributed by atoms with van der Waals surface area (Å²) in [5, 5.41) is 0. The van der Waals surface area contributed by atoms with Crippen LogP contribution in [0, 0.1) is 5.92 Å². The van der Waals surface area contributed by atoms with Gasteiger partial charge in [0, 0.05) is 6.04 Å². The molecule has 0 radical (unpaired) electrons. The lowest BCUT2D eigenvalue weighted by Crippen LogP contribution is -2.47. The van der Waals surface area contributed by atoms with E-state index in [2.05, 4.69) is 11.8 Å². The highest BCUT2D eigenvalue weighted by Crippen LogP contribution is 2.35. The third-order valence-electron chi connectivity index (χ3n) is 3.83. The van der Waals surface area contributed by atoms with Crippen molar-refractivity contribution in [1.82, 2.24) is 4.90 Å². The zero-order valence-corrected chi connectivity index (χ0v) is 8.41. The van der Waals surface area contributed by atoms with Gasteiger partial charge in [-0.15, -0.1) is 0 Å². The van der Waals surface area contributed by atoms with Gasteiger partial charge < -0.3 is 4.79 Å². The first-order valence-electron chi connectivity index (χ1n) is 5.58. The second-order valence-corrected chi connectivity index (χ2v) is 4.40. The van der Waals surface area contributed by atoms with Crippen LogP contribution < -0.4 is 0 Å². The molecule has 3 unspecified atom stereocenters. The summed E-state index contributed by atoms with van der Waals surface area (Å²) in [6.45, 7) is 3.44. The molecule has 0 saturated carbocycles. The zero-order valence-electron chi connectivity index (χ0n) is 8.41. The van der Waals surface area contributed by atoms with Gasteiger partial charge in [0.15, 0.2) is 0 Å². The molecule has 2 saturated heterocycles. The molecule has 2 heterocycles. The Morgan fingerprint density at radius 1 is 1.38 bits per heavy atom. The van der Waals surface area contributed by atoms with E-state index in [1.165, 1.54) is 25.7 Å². The van der Waals surface area contributed by atoms with Crippen LogP contribution >= 0.6 is 0 Å². The van der Waals surface area contributed by atoms with Crippen LogP contribution in [0.2, 0.25) is 0 Å². The number of rotatable bonds is 2. The van der Waals surface area contributed by atoms with Gasteiger partial charge in [0.25, 0.3) is 0 Å². The van der Waals surface area contributed by atoms with Gasteiger partial charge in [0.05, 0.1) is 6.04 Å². The Kier molecular flexibility index (Phi) is 2.68. The first-order valence-corrected chi connectivity index (χ1v) is 5.58. The van der Waals surface area contributed by atoms with Crippen LogP contribution in [0.4, 0.5) is 0 Å². The molecule has 2 aliphatic rings. The van der Waals surface area contributed by atoms with Crippen LogP contribution in [0.3, 0.4) is 0 Å². The van der Waals surface area contributed by atoms with Crippen molar-refractivity contribution in [2.75, 3.05) is 6.54 Å². The number of carbonyl (C=O) groups is 1. The molecule has 0 aromatic rings. The molecule has 0 aliphatic carbocycles. The fourth-order valence-corrected chi connectivity index (χ4v) is 3.10. The topological polar surface area (TPSA) is 20.3 Å². The average Bonchev–Trinajstić information content (AvgIpc) is 2.64. The Bertz CT molecular complexity index is 193. The van der Waals surface area contributed by atoms with Crippen molar-refractivity contribution in [2.45, 2.75) is 51.1 Å². The second kappa shape index (κ2) is 3.79. The van der Waals surface area contributed by atoms with Crippen LogP contribution in [0.5, 0.6) is 0 Å². The molecule has 0 spiro atoms. The molecule has 13 heavy (non-hydrogen) atoms. The fraction of sp³-hybridized carbons (Fsp3) is 0.909. The van der Waals surface area contributed by atoms with Crippen molar-refractivity contribution in [2.24, 2.45) is 5.92 Å². The summed E-state index contributed by atoms with van der Waals surface area (Å²) in [5.74, 6) is 0.860. The molecular formula is C11H19NO. The molecule has 0 N–H and O–H groups in total. The summed E-state index contributed by atoms with van der Waals surface area (Å²) < 4.78 is 0. The molecule has 0 aromatic carbocycles. The van der Waals surface area contributed by atoms with E-state index in [0.29, 0.717) is 0 Å². The smallest absolute Gasteiger partial charge is 0.137 e. The van der Waals surface area contributed by atoms with Crippen molar-refractivity contribution < 1.29 is 4.79 Å². The third-order valence-corrected chi connectivity index (χ3v) is 3.83. The predicted octanol–water partition coefficient (Wildman–Crippen LogP) is 1.84. The summed E-state index contributed by atoms with van der Waals surface area (Å²) in [6, 6.07) is 0.976. The van der Waals surface area contributed by atoms with E-state index in [4.69, 9.17) is 0 Å². The van der Waals surface area contributed by atoms with Crippen LogP contribution in [-0.4, -0.2) is 29.8 Å². The highest BCUT2D eigenvalue weighted by Gasteiger charge is 2.38. The van der Waals surface area contributed by atoms with Crippen molar-refractivity contribution in [1.29, 1.82) is 0 Å². The van der Waals surface area contributed by atoms with Crippen LogP contribution in [0.15, 0.2) is 0 Å². The van der Waals surface area contributed by atoms with Crippen LogP contribution in [-0.2, 0) is 4.79 Å². The lowest BCUT2D eigenvalue weighted by Gasteiger charge is -2.40. The van der Waals surface area contributed by atoms with Gasteiger partial charge in [-0.25, -0.2) is 0 Å². The Balaban J connectivity index is 2.08. The zero-order chi connectivity index (χ0) is 9.26. The Labute approximate surface area is 80.3 Å². The number of piperidine rings is 1. The molecule has 0 bridgehead atoms. The quantitative estimate of drug-likeness (QED) is 0.606. The monoisotopic (exact) mass is 181 g/mol. The first kappa shape index (κ1) is 9.20. The molecule has 0 amide bonds. The van der Waals surface area contributed by atoms with E-state index in [0.717, 1.165) is 31.2 Å². The summed E-state index contributed by atoms with van der Waals surface area (Å²) in [6.07, 6.45) is 7.42. The lowest BCUT2D eigenvalue weighted by molar-refractivity contribution is -0.114. The molecule has 3 atom stereocenters. The molecular weight excluding hydrogens is 162 g/mol. The molecule has 2 nitrogen and oxygen atoms in total. The Morgan fingerprint density at radius 2 is 2.23 bits per heavy atom. The van der Waals surface area contributed by atoms with E-state index in [1.807, 2.05) is 0 Å². The second-order valence-electron chi connectivity index (χ2n) is 4.40. The van der Waals surface area contributed by atoms with Gasteiger partial charge in [-0.1, -0.05) is 13.3 Å². The van der Waals surface area contributed by atoms with Gasteiger partial charge in [-0.2, -0.15) is 0 Å². The molecule has 2 heteroatoms. The van der Waals surface area contributed by atoms with E-state index >= 15 is 0 Å². The summed E-state index contributed by atoms with van der Waals surface area (Å²) in [7, 11) is 0. The Morgan fingerprint density at radius 3 is 2.92 bits per heavy atom. The molecule has 2 rings (SSSR count). The average molecular weight is 181 g/mol. The maximum Gasteiger partial charge on any atom is 0.137 e. The van der Waals surface area contributed by atoms with Gasteiger partial charge in [0.2, 0.25) is 0 Å². The number of fused-ring (bicyclic) bond motifs is 1. The minimum Gasteiger partial charge on any atom is -0.302 e. The highest BCUT2D eigenvalue weighted by molar-refractivity contribution is 5.58. The first-order chi connectivity index (χ1) is 6.36.